The third-order valence-electron chi connectivity index (χ3n) is 2.79. The van der Waals surface area contributed by atoms with E-state index in [0.29, 0.717) is 24.6 Å². The van der Waals surface area contributed by atoms with E-state index in [1.807, 2.05) is 0 Å². The van der Waals surface area contributed by atoms with Crippen molar-refractivity contribution in [1.29, 1.82) is 0 Å². The van der Waals surface area contributed by atoms with Crippen molar-refractivity contribution in [3.63, 3.8) is 0 Å². The van der Waals surface area contributed by atoms with Crippen LogP contribution in [0.2, 0.25) is 0 Å². The summed E-state index contributed by atoms with van der Waals surface area (Å²) in [4.78, 5) is 9.43. The van der Waals surface area contributed by atoms with Gasteiger partial charge in [0.2, 0.25) is 5.82 Å². The summed E-state index contributed by atoms with van der Waals surface area (Å²) in [6.45, 7) is 0.982. The number of halogens is 2. The molecule has 1 aromatic rings. The van der Waals surface area contributed by atoms with Gasteiger partial charge in [-0.2, -0.15) is 4.39 Å². The molecule has 0 unspecified atom stereocenters. The Labute approximate surface area is 108 Å². The molecule has 0 saturated heterocycles. The van der Waals surface area contributed by atoms with Crippen LogP contribution in [0, 0.1) is 21.7 Å². The van der Waals surface area contributed by atoms with Crippen molar-refractivity contribution in [3.8, 4) is 5.75 Å². The molecule has 7 heteroatoms. The average Bonchev–Trinajstić information content (AvgIpc) is 3.16. The Morgan fingerprint density at radius 3 is 2.74 bits per heavy atom. The molecule has 0 bridgehead atoms. The molecule has 0 atom stereocenters. The number of nitrogens with one attached hydrogen (secondary N) is 1. The lowest BCUT2D eigenvalue weighted by Crippen LogP contribution is -2.19. The maximum atomic E-state index is 13.4. The molecule has 0 amide bonds. The predicted molar refractivity (Wildman–Crippen MR) is 64.1 cm³/mol. The Morgan fingerprint density at radius 1 is 1.37 bits per heavy atom. The SMILES string of the molecule is O=[N+]([O-])c1cc(F)c(OCCCNC2CC2)cc1F. The monoisotopic (exact) mass is 272 g/mol. The molecule has 104 valence electrons. The summed E-state index contributed by atoms with van der Waals surface area (Å²) in [5, 5.41) is 13.7. The summed E-state index contributed by atoms with van der Waals surface area (Å²) in [5.74, 6) is -2.32. The van der Waals surface area contributed by atoms with Crippen LogP contribution in [0.25, 0.3) is 0 Å². The number of hydrogen-bond acceptors (Lipinski definition) is 4. The van der Waals surface area contributed by atoms with Gasteiger partial charge >= 0.3 is 5.69 Å². The first kappa shape index (κ1) is 13.7. The van der Waals surface area contributed by atoms with E-state index in [4.69, 9.17) is 4.74 Å². The van der Waals surface area contributed by atoms with E-state index in [0.717, 1.165) is 6.54 Å². The van der Waals surface area contributed by atoms with Gasteiger partial charge in [-0.15, -0.1) is 0 Å². The van der Waals surface area contributed by atoms with E-state index in [1.165, 1.54) is 12.8 Å². The molecule has 1 aromatic carbocycles. The minimum Gasteiger partial charge on any atom is -0.490 e. The minimum atomic E-state index is -1.10. The number of nitro groups is 1. The van der Waals surface area contributed by atoms with E-state index in [1.54, 1.807) is 0 Å². The first-order chi connectivity index (χ1) is 9.08. The van der Waals surface area contributed by atoms with Crippen LogP contribution >= 0.6 is 0 Å². The Bertz CT molecular complexity index is 478. The van der Waals surface area contributed by atoms with Gasteiger partial charge in [0.05, 0.1) is 17.6 Å². The van der Waals surface area contributed by atoms with E-state index in [2.05, 4.69) is 5.32 Å². The molecule has 5 nitrogen and oxygen atoms in total. The van der Waals surface area contributed by atoms with Crippen LogP contribution in [-0.4, -0.2) is 24.1 Å². The number of hydrogen-bond donors (Lipinski definition) is 1. The fourth-order valence-corrected chi connectivity index (χ4v) is 1.62. The van der Waals surface area contributed by atoms with Crippen LogP contribution in [0.1, 0.15) is 19.3 Å². The molecule has 1 saturated carbocycles. The highest BCUT2D eigenvalue weighted by atomic mass is 19.1. The van der Waals surface area contributed by atoms with Gasteiger partial charge in [0.15, 0.2) is 11.6 Å². The van der Waals surface area contributed by atoms with E-state index < -0.39 is 22.2 Å². The number of ether oxygens (including phenoxy) is 1. The molecule has 0 aromatic heterocycles. The fourth-order valence-electron chi connectivity index (χ4n) is 1.62. The molecular weight excluding hydrogens is 258 g/mol. The second-order valence-corrected chi connectivity index (χ2v) is 4.42. The van der Waals surface area contributed by atoms with Crippen LogP contribution in [0.4, 0.5) is 14.5 Å². The van der Waals surface area contributed by atoms with Gasteiger partial charge in [0.25, 0.3) is 0 Å². The molecule has 1 fully saturated rings. The summed E-state index contributed by atoms with van der Waals surface area (Å²) in [6, 6.07) is 1.84. The zero-order chi connectivity index (χ0) is 13.8. The lowest BCUT2D eigenvalue weighted by atomic mass is 10.3. The summed E-state index contributed by atoms with van der Waals surface area (Å²) in [5.41, 5.74) is -0.889. The summed E-state index contributed by atoms with van der Waals surface area (Å²) >= 11 is 0. The first-order valence-corrected chi connectivity index (χ1v) is 6.07. The fraction of sp³-hybridized carbons (Fsp3) is 0.500. The molecule has 0 heterocycles. The molecule has 1 N–H and O–H groups in total. The zero-order valence-electron chi connectivity index (χ0n) is 10.2. The van der Waals surface area contributed by atoms with Crippen molar-refractivity contribution < 1.29 is 18.4 Å². The van der Waals surface area contributed by atoms with Crippen molar-refractivity contribution in [3.05, 3.63) is 33.9 Å². The van der Waals surface area contributed by atoms with Gasteiger partial charge in [-0.05, 0) is 25.8 Å². The third-order valence-corrected chi connectivity index (χ3v) is 2.79. The van der Waals surface area contributed by atoms with Crippen molar-refractivity contribution in [2.24, 2.45) is 0 Å². The van der Waals surface area contributed by atoms with Gasteiger partial charge in [0.1, 0.15) is 0 Å². The second-order valence-electron chi connectivity index (χ2n) is 4.42. The number of rotatable bonds is 7. The molecule has 19 heavy (non-hydrogen) atoms. The van der Waals surface area contributed by atoms with Crippen LogP contribution in [0.5, 0.6) is 5.75 Å². The van der Waals surface area contributed by atoms with Crippen molar-refractivity contribution in [2.45, 2.75) is 25.3 Å². The maximum Gasteiger partial charge on any atom is 0.307 e. The number of benzene rings is 1. The summed E-state index contributed by atoms with van der Waals surface area (Å²) in [7, 11) is 0. The number of nitro benzene ring substituents is 1. The normalized spacial score (nSPS) is 14.4. The third kappa shape index (κ3) is 3.85. The van der Waals surface area contributed by atoms with Gasteiger partial charge < -0.3 is 10.1 Å². The molecule has 0 spiro atoms. The van der Waals surface area contributed by atoms with E-state index >= 15 is 0 Å². The van der Waals surface area contributed by atoms with Crippen molar-refractivity contribution >= 4 is 5.69 Å². The van der Waals surface area contributed by atoms with E-state index in [-0.39, 0.29) is 12.4 Å². The van der Waals surface area contributed by atoms with Crippen molar-refractivity contribution in [1.82, 2.24) is 5.32 Å². The highest BCUT2D eigenvalue weighted by Gasteiger charge is 2.20. The second kappa shape index (κ2) is 5.92. The Morgan fingerprint density at radius 2 is 2.11 bits per heavy atom. The molecule has 0 aliphatic heterocycles. The van der Waals surface area contributed by atoms with Gasteiger partial charge in [-0.1, -0.05) is 0 Å². The smallest absolute Gasteiger partial charge is 0.307 e. The quantitative estimate of drug-likeness (QED) is 0.470. The predicted octanol–water partition coefficient (Wildman–Crippen LogP) is 2.39. The van der Waals surface area contributed by atoms with Gasteiger partial charge in [0, 0.05) is 12.1 Å². The summed E-state index contributed by atoms with van der Waals surface area (Å²) in [6.07, 6.45) is 3.03. The lowest BCUT2D eigenvalue weighted by Gasteiger charge is -2.08. The lowest BCUT2D eigenvalue weighted by molar-refractivity contribution is -0.387. The maximum absolute atomic E-state index is 13.4. The van der Waals surface area contributed by atoms with Gasteiger partial charge in [-0.3, -0.25) is 10.1 Å². The Kier molecular flexibility index (Phi) is 4.26. The first-order valence-electron chi connectivity index (χ1n) is 6.07. The topological polar surface area (TPSA) is 64.4 Å². The van der Waals surface area contributed by atoms with Gasteiger partial charge in [-0.25, -0.2) is 4.39 Å². The standard InChI is InChI=1S/C12H14F2N2O3/c13-9-7-12(10(14)6-11(9)16(17)18)19-5-1-4-15-8-2-3-8/h6-8,15H,1-5H2. The number of nitrogens with zero attached hydrogens (tertiary/aromatic N) is 1. The molecule has 1 aliphatic rings. The van der Waals surface area contributed by atoms with Crippen LogP contribution in [0.3, 0.4) is 0 Å². The highest BCUT2D eigenvalue weighted by molar-refractivity contribution is 5.39. The average molecular weight is 272 g/mol. The zero-order valence-corrected chi connectivity index (χ0v) is 10.2. The summed E-state index contributed by atoms with van der Waals surface area (Å²) < 4.78 is 31.8. The molecule has 0 radical (unpaired) electrons. The van der Waals surface area contributed by atoms with Crippen molar-refractivity contribution in [2.75, 3.05) is 13.2 Å². The van der Waals surface area contributed by atoms with E-state index in [9.17, 15) is 18.9 Å². The Hall–Kier alpha value is -1.76. The Balaban J connectivity index is 1.85. The molecule has 2 rings (SSSR count). The molecule has 1 aliphatic carbocycles. The largest absolute Gasteiger partial charge is 0.490 e. The molecular formula is C12H14F2N2O3. The van der Waals surface area contributed by atoms with Crippen LogP contribution in [-0.2, 0) is 0 Å². The highest BCUT2D eigenvalue weighted by Crippen LogP contribution is 2.26. The minimum absolute atomic E-state index is 0.230. The van der Waals surface area contributed by atoms with Crippen LogP contribution < -0.4 is 10.1 Å². The van der Waals surface area contributed by atoms with Crippen LogP contribution in [0.15, 0.2) is 12.1 Å².